The van der Waals surface area contributed by atoms with Crippen LogP contribution in [0, 0.1) is 11.8 Å². The minimum atomic E-state index is 0.538. The van der Waals surface area contributed by atoms with Gasteiger partial charge in [0.15, 0.2) is 5.11 Å². The summed E-state index contributed by atoms with van der Waals surface area (Å²) in [6, 6.07) is 3.17. The molecule has 22 heavy (non-hydrogen) atoms. The molecule has 2 N–H and O–H groups in total. The fraction of sp³-hybridized carbons (Fsp3) is 0.765. The number of rotatable bonds is 3. The summed E-state index contributed by atoms with van der Waals surface area (Å²) in [5.74, 6) is 2.83. The number of hydrogen-bond acceptors (Lipinski definition) is 2. The van der Waals surface area contributed by atoms with Crippen LogP contribution in [0.4, 0.5) is 5.82 Å². The molecule has 4 nitrogen and oxygen atoms in total. The number of nitrogens with zero attached hydrogens (tertiary/aromatic N) is 2. The van der Waals surface area contributed by atoms with Crippen LogP contribution in [-0.2, 0) is 0 Å². The topological polar surface area (TPSA) is 41.9 Å². The highest BCUT2D eigenvalue weighted by Crippen LogP contribution is 2.44. The van der Waals surface area contributed by atoms with Crippen molar-refractivity contribution in [3.63, 3.8) is 0 Å². The number of aromatic nitrogens is 2. The molecule has 1 aromatic rings. The molecule has 3 saturated carbocycles. The fourth-order valence-electron chi connectivity index (χ4n) is 4.77. The van der Waals surface area contributed by atoms with Crippen LogP contribution >= 0.6 is 12.2 Å². The van der Waals surface area contributed by atoms with Crippen LogP contribution in [0.2, 0.25) is 0 Å². The zero-order valence-electron chi connectivity index (χ0n) is 13.1. The largest absolute Gasteiger partial charge is 0.359 e. The molecule has 0 spiro atoms. The molecule has 3 unspecified atom stereocenters. The summed E-state index contributed by atoms with van der Waals surface area (Å²) in [6.07, 6.45) is 13.9. The van der Waals surface area contributed by atoms with E-state index in [1.54, 1.807) is 0 Å². The van der Waals surface area contributed by atoms with Crippen LogP contribution < -0.4 is 10.6 Å². The number of fused-ring (bicyclic) bond motifs is 2. The third-order valence-corrected chi connectivity index (χ3v) is 6.11. The van der Waals surface area contributed by atoms with Crippen molar-refractivity contribution < 1.29 is 0 Å². The Kier molecular flexibility index (Phi) is 4.07. The first kappa shape index (κ1) is 14.5. The minimum absolute atomic E-state index is 0.538. The molecular formula is C17H26N4S. The van der Waals surface area contributed by atoms with E-state index in [1.165, 1.54) is 57.8 Å². The average molecular weight is 318 g/mol. The van der Waals surface area contributed by atoms with E-state index in [2.05, 4.69) is 20.4 Å². The summed E-state index contributed by atoms with van der Waals surface area (Å²) in [5, 5.41) is 12.3. The minimum Gasteiger partial charge on any atom is -0.359 e. The van der Waals surface area contributed by atoms with Gasteiger partial charge in [0.2, 0.25) is 0 Å². The van der Waals surface area contributed by atoms with E-state index in [0.29, 0.717) is 12.1 Å². The summed E-state index contributed by atoms with van der Waals surface area (Å²) in [4.78, 5) is 0. The van der Waals surface area contributed by atoms with Gasteiger partial charge in [0, 0.05) is 12.1 Å². The first-order chi connectivity index (χ1) is 10.8. The molecule has 3 fully saturated rings. The maximum absolute atomic E-state index is 5.55. The Morgan fingerprint density at radius 3 is 2.73 bits per heavy atom. The summed E-state index contributed by atoms with van der Waals surface area (Å²) in [7, 11) is 0. The fourth-order valence-corrected chi connectivity index (χ4v) is 5.03. The third kappa shape index (κ3) is 2.87. The Bertz CT molecular complexity index is 535. The summed E-state index contributed by atoms with van der Waals surface area (Å²) < 4.78 is 2.15. The lowest BCUT2D eigenvalue weighted by Crippen LogP contribution is -2.41. The zero-order chi connectivity index (χ0) is 14.9. The molecular weight excluding hydrogens is 292 g/mol. The summed E-state index contributed by atoms with van der Waals surface area (Å²) in [5.41, 5.74) is 0. The zero-order valence-corrected chi connectivity index (χ0v) is 13.9. The lowest BCUT2D eigenvalue weighted by atomic mass is 9.95. The van der Waals surface area contributed by atoms with E-state index >= 15 is 0 Å². The van der Waals surface area contributed by atoms with Crippen LogP contribution in [-0.4, -0.2) is 20.9 Å². The normalized spacial score (nSPS) is 31.4. The smallest absolute Gasteiger partial charge is 0.172 e. The van der Waals surface area contributed by atoms with Gasteiger partial charge in [0.25, 0.3) is 0 Å². The van der Waals surface area contributed by atoms with E-state index in [4.69, 9.17) is 12.2 Å². The van der Waals surface area contributed by atoms with Crippen molar-refractivity contribution in [2.75, 3.05) is 5.32 Å². The second-order valence-electron chi connectivity index (χ2n) is 7.33. The van der Waals surface area contributed by atoms with Gasteiger partial charge in [-0.05, 0) is 56.2 Å². The van der Waals surface area contributed by atoms with Gasteiger partial charge in [-0.3, -0.25) is 0 Å². The molecule has 1 heterocycles. The molecule has 0 radical (unpaired) electrons. The Morgan fingerprint density at radius 2 is 2.00 bits per heavy atom. The van der Waals surface area contributed by atoms with Gasteiger partial charge in [-0.1, -0.05) is 25.7 Å². The Balaban J connectivity index is 1.36. The van der Waals surface area contributed by atoms with E-state index in [9.17, 15) is 0 Å². The lowest BCUT2D eigenvalue weighted by Gasteiger charge is -2.26. The molecule has 3 aliphatic carbocycles. The van der Waals surface area contributed by atoms with Gasteiger partial charge in [-0.2, -0.15) is 5.10 Å². The van der Waals surface area contributed by atoms with E-state index in [-0.39, 0.29) is 0 Å². The molecule has 3 atom stereocenters. The number of hydrogen-bond donors (Lipinski definition) is 2. The molecule has 0 saturated heterocycles. The highest BCUT2D eigenvalue weighted by molar-refractivity contribution is 7.80. The van der Waals surface area contributed by atoms with Crippen LogP contribution in [0.3, 0.4) is 0 Å². The maximum Gasteiger partial charge on any atom is 0.172 e. The van der Waals surface area contributed by atoms with Crippen molar-refractivity contribution in [1.82, 2.24) is 15.1 Å². The van der Waals surface area contributed by atoms with Gasteiger partial charge in [-0.15, -0.1) is 0 Å². The second-order valence-corrected chi connectivity index (χ2v) is 7.74. The van der Waals surface area contributed by atoms with Crippen molar-refractivity contribution in [3.8, 4) is 0 Å². The van der Waals surface area contributed by atoms with Crippen LogP contribution in [0.1, 0.15) is 63.8 Å². The Labute approximate surface area is 138 Å². The number of nitrogens with one attached hydrogen (secondary N) is 2. The van der Waals surface area contributed by atoms with E-state index in [1.807, 2.05) is 12.3 Å². The highest BCUT2D eigenvalue weighted by Gasteiger charge is 2.39. The first-order valence-electron chi connectivity index (χ1n) is 8.90. The molecule has 0 aromatic carbocycles. The van der Waals surface area contributed by atoms with Crippen molar-refractivity contribution >= 4 is 23.1 Å². The van der Waals surface area contributed by atoms with Crippen LogP contribution in [0.15, 0.2) is 12.3 Å². The Morgan fingerprint density at radius 1 is 1.14 bits per heavy atom. The third-order valence-electron chi connectivity index (χ3n) is 5.89. The standard InChI is InChI=1S/C17H26N4S/c22-17(19-15-11-12-6-7-13(15)10-12)20-16-8-9-18-21(16)14-4-2-1-3-5-14/h8-9,12-15H,1-7,10-11H2,(H2,19,20,22). The second kappa shape index (κ2) is 6.19. The molecule has 120 valence electrons. The van der Waals surface area contributed by atoms with Crippen molar-refractivity contribution in [2.24, 2.45) is 11.8 Å². The maximum atomic E-state index is 5.55. The predicted octanol–water partition coefficient (Wildman–Crippen LogP) is 3.86. The average Bonchev–Trinajstić information content (AvgIpc) is 3.24. The van der Waals surface area contributed by atoms with Crippen LogP contribution in [0.25, 0.3) is 0 Å². The van der Waals surface area contributed by atoms with Gasteiger partial charge in [0.05, 0.1) is 12.2 Å². The van der Waals surface area contributed by atoms with Gasteiger partial charge < -0.3 is 10.6 Å². The predicted molar refractivity (Wildman–Crippen MR) is 92.9 cm³/mol. The Hall–Kier alpha value is -1.10. The molecule has 0 aliphatic heterocycles. The molecule has 0 amide bonds. The SMILES string of the molecule is S=C(Nc1ccnn1C1CCCCC1)NC1CC2CCC1C2. The number of anilines is 1. The molecule has 5 heteroatoms. The lowest BCUT2D eigenvalue weighted by molar-refractivity contribution is 0.333. The van der Waals surface area contributed by atoms with Gasteiger partial charge in [0.1, 0.15) is 5.82 Å². The molecule has 4 rings (SSSR count). The van der Waals surface area contributed by atoms with Gasteiger partial charge >= 0.3 is 0 Å². The van der Waals surface area contributed by atoms with Crippen LogP contribution in [0.5, 0.6) is 0 Å². The van der Waals surface area contributed by atoms with E-state index < -0.39 is 0 Å². The van der Waals surface area contributed by atoms with Crippen molar-refractivity contribution in [3.05, 3.63) is 12.3 Å². The van der Waals surface area contributed by atoms with E-state index in [0.717, 1.165) is 22.8 Å². The molecule has 3 aliphatic rings. The highest BCUT2D eigenvalue weighted by atomic mass is 32.1. The van der Waals surface area contributed by atoms with Crippen molar-refractivity contribution in [1.29, 1.82) is 0 Å². The number of thiocarbonyl (C=S) groups is 1. The monoisotopic (exact) mass is 318 g/mol. The molecule has 2 bridgehead atoms. The first-order valence-corrected chi connectivity index (χ1v) is 9.31. The van der Waals surface area contributed by atoms with Gasteiger partial charge in [-0.25, -0.2) is 4.68 Å². The summed E-state index contributed by atoms with van der Waals surface area (Å²) >= 11 is 5.55. The van der Waals surface area contributed by atoms with Crippen molar-refractivity contribution in [2.45, 2.75) is 69.9 Å². The summed E-state index contributed by atoms with van der Waals surface area (Å²) in [6.45, 7) is 0. The quantitative estimate of drug-likeness (QED) is 0.830. The molecule has 1 aromatic heterocycles.